The van der Waals surface area contributed by atoms with Gasteiger partial charge >= 0.3 is 6.09 Å². The first-order valence-electron chi connectivity index (χ1n) is 4.16. The standard InChI is InChI=1S/C9H16N2O2/c1-9(2,3)11(7-5-6-10)8(12)13-4/h5,7H2,1-4H3. The minimum Gasteiger partial charge on any atom is -0.453 e. The highest BCUT2D eigenvalue weighted by molar-refractivity contribution is 5.68. The van der Waals surface area contributed by atoms with E-state index in [4.69, 9.17) is 5.26 Å². The van der Waals surface area contributed by atoms with Gasteiger partial charge in [-0.2, -0.15) is 5.26 Å². The molecule has 0 aromatic rings. The first-order chi connectivity index (χ1) is 5.93. The number of rotatable bonds is 2. The molecule has 0 saturated heterocycles. The Hall–Kier alpha value is -1.24. The van der Waals surface area contributed by atoms with Crippen LogP contribution in [0.15, 0.2) is 0 Å². The first kappa shape index (κ1) is 11.8. The quantitative estimate of drug-likeness (QED) is 0.657. The molecule has 13 heavy (non-hydrogen) atoms. The number of nitriles is 1. The van der Waals surface area contributed by atoms with Crippen molar-refractivity contribution >= 4 is 6.09 Å². The number of hydrogen-bond donors (Lipinski definition) is 0. The zero-order valence-corrected chi connectivity index (χ0v) is 8.63. The summed E-state index contributed by atoms with van der Waals surface area (Å²) in [7, 11) is 1.34. The van der Waals surface area contributed by atoms with E-state index in [0.29, 0.717) is 13.0 Å². The van der Waals surface area contributed by atoms with E-state index in [1.807, 2.05) is 26.8 Å². The van der Waals surface area contributed by atoms with Gasteiger partial charge in [0.25, 0.3) is 0 Å². The maximum atomic E-state index is 11.3. The molecule has 4 nitrogen and oxygen atoms in total. The number of amides is 1. The van der Waals surface area contributed by atoms with Crippen molar-refractivity contribution in [2.45, 2.75) is 32.7 Å². The molecule has 0 fully saturated rings. The Balaban J connectivity index is 4.39. The van der Waals surface area contributed by atoms with Gasteiger partial charge in [0.15, 0.2) is 0 Å². The molecule has 0 bridgehead atoms. The summed E-state index contributed by atoms with van der Waals surface area (Å²) < 4.78 is 4.61. The van der Waals surface area contributed by atoms with E-state index in [1.54, 1.807) is 0 Å². The van der Waals surface area contributed by atoms with E-state index in [2.05, 4.69) is 4.74 Å². The fraction of sp³-hybridized carbons (Fsp3) is 0.778. The molecule has 0 radical (unpaired) electrons. The Labute approximate surface area is 79.1 Å². The molecule has 0 aliphatic rings. The van der Waals surface area contributed by atoms with Crippen LogP contribution < -0.4 is 0 Å². The minimum absolute atomic E-state index is 0.302. The number of ether oxygens (including phenoxy) is 1. The van der Waals surface area contributed by atoms with Crippen molar-refractivity contribution in [3.8, 4) is 6.07 Å². The maximum absolute atomic E-state index is 11.3. The Kier molecular flexibility index (Phi) is 4.26. The average Bonchev–Trinajstić information content (AvgIpc) is 2.02. The summed E-state index contributed by atoms with van der Waals surface area (Å²) >= 11 is 0. The third-order valence-electron chi connectivity index (χ3n) is 1.65. The van der Waals surface area contributed by atoms with Gasteiger partial charge in [-0.1, -0.05) is 0 Å². The minimum atomic E-state index is -0.386. The number of methoxy groups -OCH3 is 1. The molecule has 74 valence electrons. The lowest BCUT2D eigenvalue weighted by Crippen LogP contribution is -2.46. The van der Waals surface area contributed by atoms with Crippen LogP contribution >= 0.6 is 0 Å². The van der Waals surface area contributed by atoms with Crippen molar-refractivity contribution < 1.29 is 9.53 Å². The summed E-state index contributed by atoms with van der Waals surface area (Å²) in [6.07, 6.45) is -0.0606. The number of carbonyl (C=O) groups excluding carboxylic acids is 1. The summed E-state index contributed by atoms with van der Waals surface area (Å²) in [5.74, 6) is 0. The molecule has 1 amide bonds. The van der Waals surface area contributed by atoms with Crippen molar-refractivity contribution in [1.29, 1.82) is 5.26 Å². The van der Waals surface area contributed by atoms with E-state index < -0.39 is 0 Å². The molecule has 0 saturated carbocycles. The third-order valence-corrected chi connectivity index (χ3v) is 1.65. The van der Waals surface area contributed by atoms with Crippen LogP contribution in [0.3, 0.4) is 0 Å². The van der Waals surface area contributed by atoms with Crippen LogP contribution in [0.1, 0.15) is 27.2 Å². The smallest absolute Gasteiger partial charge is 0.409 e. The highest BCUT2D eigenvalue weighted by atomic mass is 16.5. The summed E-state index contributed by atoms with van der Waals surface area (Å²) in [6.45, 7) is 6.12. The summed E-state index contributed by atoms with van der Waals surface area (Å²) in [4.78, 5) is 12.8. The van der Waals surface area contributed by atoms with E-state index >= 15 is 0 Å². The normalized spacial score (nSPS) is 10.4. The fourth-order valence-corrected chi connectivity index (χ4v) is 0.973. The Morgan fingerprint density at radius 1 is 1.54 bits per heavy atom. The zero-order valence-electron chi connectivity index (χ0n) is 8.63. The van der Waals surface area contributed by atoms with Gasteiger partial charge in [-0.25, -0.2) is 4.79 Å². The van der Waals surface area contributed by atoms with Crippen molar-refractivity contribution in [3.05, 3.63) is 0 Å². The van der Waals surface area contributed by atoms with Crippen LogP contribution in [0.25, 0.3) is 0 Å². The monoisotopic (exact) mass is 184 g/mol. The third kappa shape index (κ3) is 3.79. The van der Waals surface area contributed by atoms with Crippen LogP contribution in [0.4, 0.5) is 4.79 Å². The second-order valence-corrected chi connectivity index (χ2v) is 3.70. The van der Waals surface area contributed by atoms with Gasteiger partial charge in [0.2, 0.25) is 0 Å². The van der Waals surface area contributed by atoms with Gasteiger partial charge < -0.3 is 9.64 Å². The lowest BCUT2D eigenvalue weighted by Gasteiger charge is -2.33. The van der Waals surface area contributed by atoms with E-state index in [-0.39, 0.29) is 11.6 Å². The van der Waals surface area contributed by atoms with Crippen LogP contribution in [-0.4, -0.2) is 30.2 Å². The highest BCUT2D eigenvalue weighted by Gasteiger charge is 2.26. The topological polar surface area (TPSA) is 53.3 Å². The predicted molar refractivity (Wildman–Crippen MR) is 49.1 cm³/mol. The molecule has 0 aromatic carbocycles. The van der Waals surface area contributed by atoms with Crippen molar-refractivity contribution in [1.82, 2.24) is 4.90 Å². The number of carbonyl (C=O) groups is 1. The molecule has 0 spiro atoms. The van der Waals surface area contributed by atoms with Crippen LogP contribution in [0.5, 0.6) is 0 Å². The van der Waals surface area contributed by atoms with E-state index in [0.717, 1.165) is 0 Å². The molecule has 0 heterocycles. The van der Waals surface area contributed by atoms with Crippen LogP contribution in [0, 0.1) is 11.3 Å². The molecular formula is C9H16N2O2. The molecular weight excluding hydrogens is 168 g/mol. The Morgan fingerprint density at radius 3 is 2.38 bits per heavy atom. The average molecular weight is 184 g/mol. The molecule has 0 aliphatic heterocycles. The van der Waals surface area contributed by atoms with Gasteiger partial charge in [-0.05, 0) is 20.8 Å². The van der Waals surface area contributed by atoms with Gasteiger partial charge in [0, 0.05) is 12.1 Å². The highest BCUT2D eigenvalue weighted by Crippen LogP contribution is 2.14. The second kappa shape index (κ2) is 4.70. The fourth-order valence-electron chi connectivity index (χ4n) is 0.973. The lowest BCUT2D eigenvalue weighted by atomic mass is 10.1. The van der Waals surface area contributed by atoms with Gasteiger partial charge in [-0.15, -0.1) is 0 Å². The van der Waals surface area contributed by atoms with Crippen molar-refractivity contribution in [2.75, 3.05) is 13.7 Å². The first-order valence-corrected chi connectivity index (χ1v) is 4.16. The van der Waals surface area contributed by atoms with E-state index in [1.165, 1.54) is 12.0 Å². The molecule has 0 unspecified atom stereocenters. The molecule has 0 rings (SSSR count). The molecule has 0 atom stereocenters. The summed E-state index contributed by atoms with van der Waals surface area (Å²) in [6, 6.07) is 2.00. The lowest BCUT2D eigenvalue weighted by molar-refractivity contribution is 0.0850. The van der Waals surface area contributed by atoms with Crippen LogP contribution in [-0.2, 0) is 4.74 Å². The SMILES string of the molecule is COC(=O)N(CCC#N)C(C)(C)C. The van der Waals surface area contributed by atoms with E-state index in [9.17, 15) is 4.79 Å². The second-order valence-electron chi connectivity index (χ2n) is 3.70. The molecule has 4 heteroatoms. The summed E-state index contributed by atoms with van der Waals surface area (Å²) in [5.41, 5.74) is -0.302. The molecule has 0 N–H and O–H groups in total. The van der Waals surface area contributed by atoms with Crippen molar-refractivity contribution in [2.24, 2.45) is 0 Å². The summed E-state index contributed by atoms with van der Waals surface area (Å²) in [5, 5.41) is 8.41. The number of hydrogen-bond acceptors (Lipinski definition) is 3. The Morgan fingerprint density at radius 2 is 2.08 bits per heavy atom. The Bertz CT molecular complexity index is 213. The van der Waals surface area contributed by atoms with Crippen molar-refractivity contribution in [3.63, 3.8) is 0 Å². The zero-order chi connectivity index (χ0) is 10.5. The number of nitrogens with zero attached hydrogens (tertiary/aromatic N) is 2. The largest absolute Gasteiger partial charge is 0.453 e. The van der Waals surface area contributed by atoms with Crippen LogP contribution in [0.2, 0.25) is 0 Å². The maximum Gasteiger partial charge on any atom is 0.409 e. The predicted octanol–water partition coefficient (Wildman–Crippen LogP) is 1.77. The van der Waals surface area contributed by atoms with Gasteiger partial charge in [-0.3, -0.25) is 0 Å². The van der Waals surface area contributed by atoms with Gasteiger partial charge in [0.1, 0.15) is 0 Å². The molecule has 0 aliphatic carbocycles. The molecule has 0 aromatic heterocycles. The van der Waals surface area contributed by atoms with Gasteiger partial charge in [0.05, 0.1) is 19.6 Å².